The molecule has 9 rings (SSSR count). The summed E-state index contributed by atoms with van der Waals surface area (Å²) in [6.45, 7) is 20.4. The Bertz CT molecular complexity index is 2990. The molecule has 0 atom stereocenters. The fourth-order valence-electron chi connectivity index (χ4n) is 8.08. The highest BCUT2D eigenvalue weighted by atomic mass is 16.5. The molecule has 3 heterocycles. The average molecular weight is 773 g/mol. The largest absolute Gasteiger partial charge is 0.458 e. The van der Waals surface area contributed by atoms with E-state index in [1.165, 1.54) is 22.1 Å². The van der Waals surface area contributed by atoms with Crippen molar-refractivity contribution in [3.8, 4) is 39.8 Å². The van der Waals surface area contributed by atoms with Gasteiger partial charge in [0.1, 0.15) is 17.3 Å². The Labute approximate surface area is 348 Å². The number of nitrogens with zero attached hydrogens (tertiary/aromatic N) is 4. The van der Waals surface area contributed by atoms with Crippen molar-refractivity contribution in [1.82, 2.24) is 14.1 Å². The molecule has 0 fully saturated rings. The van der Waals surface area contributed by atoms with Crippen LogP contribution in [0.1, 0.15) is 79.0 Å². The molecule has 9 aromatic rings. The van der Waals surface area contributed by atoms with Gasteiger partial charge in [0.25, 0.3) is 6.33 Å². The summed E-state index contributed by atoms with van der Waals surface area (Å²) in [4.78, 5) is 4.88. The SMILES string of the molecule is CC(C)(C)c1cc(-[n+]2[c-]n(-c3cccc(Oc4ccc5c6ccccc6n(-c6cc(C(C)(C)C)ccn6)c5c4)c3)c3cccc(-c4ccccc4)c32)cc(C(C)(C)C)c1. The quantitative estimate of drug-likeness (QED) is 0.125. The zero-order valence-corrected chi connectivity index (χ0v) is 35.6. The van der Waals surface area contributed by atoms with E-state index in [1.807, 2.05) is 12.3 Å². The van der Waals surface area contributed by atoms with E-state index in [0.29, 0.717) is 0 Å². The van der Waals surface area contributed by atoms with Gasteiger partial charge < -0.3 is 4.74 Å². The number of hydrogen-bond acceptors (Lipinski definition) is 2. The number of pyridine rings is 1. The summed E-state index contributed by atoms with van der Waals surface area (Å²) in [5.41, 5.74) is 12.4. The minimum Gasteiger partial charge on any atom is -0.458 e. The molecule has 3 aromatic heterocycles. The number of hydrogen-bond donors (Lipinski definition) is 0. The molecule has 0 aliphatic heterocycles. The topological polar surface area (TPSA) is 35.9 Å². The number of aromatic nitrogens is 4. The molecule has 0 radical (unpaired) electrons. The summed E-state index contributed by atoms with van der Waals surface area (Å²) in [5, 5.41) is 2.34. The van der Waals surface area contributed by atoms with Crippen LogP contribution in [0.4, 0.5) is 0 Å². The predicted molar refractivity (Wildman–Crippen MR) is 244 cm³/mol. The van der Waals surface area contributed by atoms with Gasteiger partial charge in [-0.3, -0.25) is 13.7 Å². The van der Waals surface area contributed by atoms with Gasteiger partial charge in [0, 0.05) is 23.0 Å². The Kier molecular flexibility index (Phi) is 9.12. The molecule has 5 heteroatoms. The number of para-hydroxylation sites is 2. The highest BCUT2D eigenvalue weighted by Crippen LogP contribution is 2.37. The van der Waals surface area contributed by atoms with E-state index in [-0.39, 0.29) is 16.2 Å². The second kappa shape index (κ2) is 14.1. The lowest BCUT2D eigenvalue weighted by Crippen LogP contribution is -2.32. The van der Waals surface area contributed by atoms with Gasteiger partial charge in [-0.05, 0) is 105 Å². The van der Waals surface area contributed by atoms with Gasteiger partial charge in [-0.15, -0.1) is 0 Å². The van der Waals surface area contributed by atoms with Gasteiger partial charge in [0.05, 0.1) is 33.4 Å². The monoisotopic (exact) mass is 772 g/mol. The molecule has 0 spiro atoms. The highest BCUT2D eigenvalue weighted by molar-refractivity contribution is 6.09. The van der Waals surface area contributed by atoms with Crippen molar-refractivity contribution in [2.24, 2.45) is 0 Å². The standard InChI is InChI=1S/C54H52N4O/c1-52(2,3)37-27-28-55-50(32-37)58-47-23-14-13-21-45(47)46-26-25-43(34-49(46)58)59-42-20-15-19-40(33-42)56-35-57(41-30-38(53(4,5)6)29-39(31-41)54(7,8)9)51-44(22-16-24-48(51)56)36-17-11-10-12-18-36/h10-34H,1-9H3. The first-order valence-corrected chi connectivity index (χ1v) is 20.6. The summed E-state index contributed by atoms with van der Waals surface area (Å²) < 4.78 is 13.4. The summed E-state index contributed by atoms with van der Waals surface area (Å²) in [7, 11) is 0. The minimum absolute atomic E-state index is 0.00751. The van der Waals surface area contributed by atoms with E-state index in [4.69, 9.17) is 9.72 Å². The minimum atomic E-state index is -0.0345. The van der Waals surface area contributed by atoms with Gasteiger partial charge in [0.15, 0.2) is 0 Å². The molecule has 0 amide bonds. The molecule has 294 valence electrons. The number of ether oxygens (including phenoxy) is 1. The van der Waals surface area contributed by atoms with Crippen LogP contribution < -0.4 is 9.30 Å². The molecular formula is C54H52N4O. The Morgan fingerprint density at radius 2 is 1.17 bits per heavy atom. The van der Waals surface area contributed by atoms with Crippen molar-refractivity contribution in [2.75, 3.05) is 0 Å². The van der Waals surface area contributed by atoms with Crippen molar-refractivity contribution < 1.29 is 9.30 Å². The first-order chi connectivity index (χ1) is 28.1. The summed E-state index contributed by atoms with van der Waals surface area (Å²) in [6, 6.07) is 51.8. The van der Waals surface area contributed by atoms with E-state index in [0.717, 1.165) is 67.3 Å². The molecule has 0 aliphatic rings. The van der Waals surface area contributed by atoms with E-state index in [1.54, 1.807) is 0 Å². The number of fused-ring (bicyclic) bond motifs is 4. The van der Waals surface area contributed by atoms with Gasteiger partial charge in [-0.2, -0.15) is 0 Å². The van der Waals surface area contributed by atoms with Gasteiger partial charge >= 0.3 is 0 Å². The van der Waals surface area contributed by atoms with Crippen LogP contribution in [0.2, 0.25) is 0 Å². The third-order valence-electron chi connectivity index (χ3n) is 11.5. The summed E-state index contributed by atoms with van der Waals surface area (Å²) >= 11 is 0. The van der Waals surface area contributed by atoms with E-state index in [9.17, 15) is 0 Å². The second-order valence-corrected chi connectivity index (χ2v) is 18.9. The van der Waals surface area contributed by atoms with Gasteiger partial charge in [-0.1, -0.05) is 141 Å². The molecule has 0 N–H and O–H groups in total. The normalized spacial score (nSPS) is 12.5. The lowest BCUT2D eigenvalue weighted by atomic mass is 9.80. The maximum absolute atomic E-state index is 6.75. The molecule has 0 unspecified atom stereocenters. The Morgan fingerprint density at radius 1 is 0.525 bits per heavy atom. The van der Waals surface area contributed by atoms with Crippen LogP contribution in [0.15, 0.2) is 152 Å². The zero-order valence-electron chi connectivity index (χ0n) is 35.6. The smallest absolute Gasteiger partial charge is 0.269 e. The Morgan fingerprint density at radius 3 is 1.90 bits per heavy atom. The van der Waals surface area contributed by atoms with Crippen molar-refractivity contribution in [2.45, 2.75) is 78.6 Å². The molecule has 59 heavy (non-hydrogen) atoms. The Hall–Kier alpha value is -6.46. The van der Waals surface area contributed by atoms with Crippen LogP contribution in [0.3, 0.4) is 0 Å². The lowest BCUT2D eigenvalue weighted by Gasteiger charge is -2.26. The molecular weight excluding hydrogens is 721 g/mol. The first-order valence-electron chi connectivity index (χ1n) is 20.6. The molecule has 0 bridgehead atoms. The molecule has 0 aliphatic carbocycles. The van der Waals surface area contributed by atoms with Crippen LogP contribution in [0, 0.1) is 6.33 Å². The fourth-order valence-corrected chi connectivity index (χ4v) is 8.08. The fraction of sp³-hybridized carbons (Fsp3) is 0.222. The van der Waals surface area contributed by atoms with Crippen LogP contribution >= 0.6 is 0 Å². The summed E-state index contributed by atoms with van der Waals surface area (Å²) in [5.74, 6) is 2.38. The maximum Gasteiger partial charge on any atom is 0.269 e. The maximum atomic E-state index is 6.75. The zero-order chi connectivity index (χ0) is 41.3. The number of benzene rings is 6. The first kappa shape index (κ1) is 38.1. The molecule has 6 aromatic carbocycles. The predicted octanol–water partition coefficient (Wildman–Crippen LogP) is 13.6. The van der Waals surface area contributed by atoms with Crippen LogP contribution in [0.5, 0.6) is 11.5 Å². The summed E-state index contributed by atoms with van der Waals surface area (Å²) in [6.07, 6.45) is 5.75. The van der Waals surface area contributed by atoms with Gasteiger partial charge in [0.2, 0.25) is 0 Å². The Balaban J connectivity index is 1.18. The van der Waals surface area contributed by atoms with E-state index < -0.39 is 0 Å². The third kappa shape index (κ3) is 7.09. The van der Waals surface area contributed by atoms with Crippen molar-refractivity contribution in [3.05, 3.63) is 175 Å². The van der Waals surface area contributed by atoms with E-state index in [2.05, 4.69) is 222 Å². The van der Waals surface area contributed by atoms with Crippen molar-refractivity contribution in [3.63, 3.8) is 0 Å². The van der Waals surface area contributed by atoms with Crippen molar-refractivity contribution in [1.29, 1.82) is 0 Å². The van der Waals surface area contributed by atoms with Crippen LogP contribution in [0.25, 0.3) is 61.2 Å². The van der Waals surface area contributed by atoms with Gasteiger partial charge in [-0.25, -0.2) is 4.98 Å². The second-order valence-electron chi connectivity index (χ2n) is 18.9. The van der Waals surface area contributed by atoms with Crippen LogP contribution in [-0.4, -0.2) is 14.1 Å². The lowest BCUT2D eigenvalue weighted by molar-refractivity contribution is -0.572. The average Bonchev–Trinajstić information content (AvgIpc) is 3.77. The highest BCUT2D eigenvalue weighted by Gasteiger charge is 2.24. The van der Waals surface area contributed by atoms with E-state index >= 15 is 0 Å². The molecule has 0 saturated heterocycles. The molecule has 5 nitrogen and oxygen atoms in total. The number of imidazole rings is 1. The number of rotatable bonds is 6. The van der Waals surface area contributed by atoms with Crippen molar-refractivity contribution >= 4 is 32.8 Å². The third-order valence-corrected chi connectivity index (χ3v) is 11.5. The van der Waals surface area contributed by atoms with Crippen LogP contribution in [-0.2, 0) is 16.2 Å². The molecule has 0 saturated carbocycles.